The molecule has 0 aliphatic rings. The summed E-state index contributed by atoms with van der Waals surface area (Å²) >= 11 is 0. The van der Waals surface area contributed by atoms with Crippen molar-refractivity contribution in [3.05, 3.63) is 65.6 Å². The van der Waals surface area contributed by atoms with E-state index in [1.807, 2.05) is 12.1 Å². The quantitative estimate of drug-likeness (QED) is 0.749. The minimum Gasteiger partial charge on any atom is -0.497 e. The van der Waals surface area contributed by atoms with Gasteiger partial charge in [-0.05, 0) is 42.0 Å². The first kappa shape index (κ1) is 17.0. The number of aliphatic hydroxyl groups is 1. The molecule has 1 aromatic heterocycles. The molecule has 1 amide bonds. The van der Waals surface area contributed by atoms with Crippen molar-refractivity contribution in [2.45, 2.75) is 6.04 Å². The standard InChI is InChI=1S/C19H19FN2O3/c1-22(18(11-23)12-3-6-15(25-2)7-4-12)19(24)17-10-13-9-14(20)5-8-16(13)21-17/h3-10,18,21,23H,11H2,1-2H3. The van der Waals surface area contributed by atoms with Crippen molar-refractivity contribution in [2.24, 2.45) is 0 Å². The second-order valence-electron chi connectivity index (χ2n) is 5.80. The number of hydrogen-bond acceptors (Lipinski definition) is 3. The van der Waals surface area contributed by atoms with Crippen molar-refractivity contribution in [1.29, 1.82) is 0 Å². The summed E-state index contributed by atoms with van der Waals surface area (Å²) in [4.78, 5) is 17.2. The van der Waals surface area contributed by atoms with Crippen LogP contribution in [0.15, 0.2) is 48.5 Å². The number of hydrogen-bond donors (Lipinski definition) is 2. The van der Waals surface area contributed by atoms with Crippen LogP contribution in [-0.2, 0) is 0 Å². The molecule has 5 nitrogen and oxygen atoms in total. The fourth-order valence-corrected chi connectivity index (χ4v) is 2.83. The molecule has 3 aromatic rings. The van der Waals surface area contributed by atoms with Gasteiger partial charge in [0.2, 0.25) is 0 Å². The highest BCUT2D eigenvalue weighted by atomic mass is 19.1. The Balaban J connectivity index is 1.87. The Kier molecular flexibility index (Phi) is 4.72. The Hall–Kier alpha value is -2.86. The smallest absolute Gasteiger partial charge is 0.270 e. The van der Waals surface area contributed by atoms with Crippen LogP contribution in [0.5, 0.6) is 5.75 Å². The molecule has 130 valence electrons. The number of halogens is 1. The molecule has 0 bridgehead atoms. The minimum atomic E-state index is -0.499. The number of aliphatic hydroxyl groups excluding tert-OH is 1. The molecule has 25 heavy (non-hydrogen) atoms. The lowest BCUT2D eigenvalue weighted by molar-refractivity contribution is 0.0653. The van der Waals surface area contributed by atoms with Gasteiger partial charge < -0.3 is 19.7 Å². The molecule has 1 unspecified atom stereocenters. The first-order valence-corrected chi connectivity index (χ1v) is 7.83. The summed E-state index contributed by atoms with van der Waals surface area (Å²) in [5.41, 5.74) is 1.82. The fraction of sp³-hybridized carbons (Fsp3) is 0.211. The maximum absolute atomic E-state index is 13.3. The van der Waals surface area contributed by atoms with Gasteiger partial charge in [-0.2, -0.15) is 0 Å². The van der Waals surface area contributed by atoms with E-state index < -0.39 is 6.04 Å². The van der Waals surface area contributed by atoms with Crippen LogP contribution >= 0.6 is 0 Å². The molecular formula is C19H19FN2O3. The topological polar surface area (TPSA) is 65.6 Å². The first-order valence-electron chi connectivity index (χ1n) is 7.83. The number of fused-ring (bicyclic) bond motifs is 1. The van der Waals surface area contributed by atoms with Gasteiger partial charge in [-0.3, -0.25) is 4.79 Å². The Morgan fingerprint density at radius 3 is 2.60 bits per heavy atom. The molecule has 0 saturated heterocycles. The summed E-state index contributed by atoms with van der Waals surface area (Å²) < 4.78 is 18.4. The van der Waals surface area contributed by atoms with Crippen LogP contribution in [0.1, 0.15) is 22.1 Å². The Labute approximate surface area is 144 Å². The number of likely N-dealkylation sites (N-methyl/N-ethyl adjacent to an activating group) is 1. The van der Waals surface area contributed by atoms with Crippen molar-refractivity contribution < 1.29 is 19.0 Å². The highest BCUT2D eigenvalue weighted by Crippen LogP contribution is 2.24. The summed E-state index contributed by atoms with van der Waals surface area (Å²) in [5, 5.41) is 10.4. The lowest BCUT2D eigenvalue weighted by atomic mass is 10.1. The number of carbonyl (C=O) groups excluding carboxylic acids is 1. The number of carbonyl (C=O) groups is 1. The predicted octanol–water partition coefficient (Wildman–Crippen LogP) is 3.12. The second kappa shape index (κ2) is 6.94. The van der Waals surface area contributed by atoms with E-state index in [2.05, 4.69) is 4.98 Å². The van der Waals surface area contributed by atoms with E-state index in [0.717, 1.165) is 5.56 Å². The molecule has 3 rings (SSSR count). The number of aromatic nitrogens is 1. The van der Waals surface area contributed by atoms with Gasteiger partial charge in [0, 0.05) is 18.0 Å². The Morgan fingerprint density at radius 1 is 1.24 bits per heavy atom. The zero-order valence-electron chi connectivity index (χ0n) is 14.0. The van der Waals surface area contributed by atoms with Gasteiger partial charge in [0.1, 0.15) is 17.3 Å². The Morgan fingerprint density at radius 2 is 1.96 bits per heavy atom. The zero-order chi connectivity index (χ0) is 18.0. The first-order chi connectivity index (χ1) is 12.0. The molecule has 0 aliphatic heterocycles. The summed E-state index contributed by atoms with van der Waals surface area (Å²) in [7, 11) is 3.20. The average Bonchev–Trinajstić information content (AvgIpc) is 3.05. The molecule has 0 spiro atoms. The molecule has 6 heteroatoms. The molecule has 0 saturated carbocycles. The number of ether oxygens (including phenoxy) is 1. The van der Waals surface area contributed by atoms with E-state index >= 15 is 0 Å². The van der Waals surface area contributed by atoms with Crippen LogP contribution in [0.2, 0.25) is 0 Å². The third-order valence-corrected chi connectivity index (χ3v) is 4.27. The molecule has 1 atom stereocenters. The second-order valence-corrected chi connectivity index (χ2v) is 5.80. The van der Waals surface area contributed by atoms with Gasteiger partial charge in [-0.15, -0.1) is 0 Å². The van der Waals surface area contributed by atoms with Gasteiger partial charge in [0.25, 0.3) is 5.91 Å². The molecule has 0 aliphatic carbocycles. The van der Waals surface area contributed by atoms with E-state index in [4.69, 9.17) is 4.74 Å². The van der Waals surface area contributed by atoms with E-state index in [0.29, 0.717) is 22.3 Å². The number of rotatable bonds is 5. The number of H-pyrrole nitrogens is 1. The molecule has 2 N–H and O–H groups in total. The van der Waals surface area contributed by atoms with E-state index in [9.17, 15) is 14.3 Å². The van der Waals surface area contributed by atoms with E-state index in [1.54, 1.807) is 38.4 Å². The van der Waals surface area contributed by atoms with Crippen molar-refractivity contribution in [3.63, 3.8) is 0 Å². The average molecular weight is 342 g/mol. The predicted molar refractivity (Wildman–Crippen MR) is 93.2 cm³/mol. The monoisotopic (exact) mass is 342 g/mol. The maximum Gasteiger partial charge on any atom is 0.270 e. The highest BCUT2D eigenvalue weighted by Gasteiger charge is 2.23. The van der Waals surface area contributed by atoms with Gasteiger partial charge >= 0.3 is 0 Å². The van der Waals surface area contributed by atoms with Crippen LogP contribution in [-0.4, -0.2) is 41.7 Å². The third-order valence-electron chi connectivity index (χ3n) is 4.27. The number of methoxy groups -OCH3 is 1. The molecule has 2 aromatic carbocycles. The summed E-state index contributed by atoms with van der Waals surface area (Å²) in [6.07, 6.45) is 0. The van der Waals surface area contributed by atoms with Crippen LogP contribution in [0, 0.1) is 5.82 Å². The lowest BCUT2D eigenvalue weighted by Gasteiger charge is -2.26. The number of nitrogens with one attached hydrogen (secondary N) is 1. The van der Waals surface area contributed by atoms with Crippen LogP contribution in [0.25, 0.3) is 10.9 Å². The van der Waals surface area contributed by atoms with Crippen molar-refractivity contribution in [1.82, 2.24) is 9.88 Å². The van der Waals surface area contributed by atoms with E-state index in [1.165, 1.54) is 17.0 Å². The number of aromatic amines is 1. The third kappa shape index (κ3) is 3.34. The van der Waals surface area contributed by atoms with Gasteiger partial charge in [-0.25, -0.2) is 4.39 Å². The van der Waals surface area contributed by atoms with Crippen molar-refractivity contribution >= 4 is 16.8 Å². The number of nitrogens with zero attached hydrogens (tertiary/aromatic N) is 1. The lowest BCUT2D eigenvalue weighted by Crippen LogP contribution is -2.33. The van der Waals surface area contributed by atoms with Crippen molar-refractivity contribution in [3.8, 4) is 5.75 Å². The largest absolute Gasteiger partial charge is 0.497 e. The molecule has 0 radical (unpaired) electrons. The SMILES string of the molecule is COc1ccc(C(CO)N(C)C(=O)c2cc3cc(F)ccc3[nH]2)cc1. The molecule has 0 fully saturated rings. The van der Waals surface area contributed by atoms with E-state index in [-0.39, 0.29) is 18.3 Å². The summed E-state index contributed by atoms with van der Waals surface area (Å²) in [6, 6.07) is 12.6. The highest BCUT2D eigenvalue weighted by molar-refractivity contribution is 5.98. The fourth-order valence-electron chi connectivity index (χ4n) is 2.83. The number of amides is 1. The van der Waals surface area contributed by atoms with Crippen molar-refractivity contribution in [2.75, 3.05) is 20.8 Å². The molecule has 1 heterocycles. The van der Waals surface area contributed by atoms with Crippen LogP contribution in [0.4, 0.5) is 4.39 Å². The van der Waals surface area contributed by atoms with Crippen LogP contribution in [0.3, 0.4) is 0 Å². The number of benzene rings is 2. The summed E-state index contributed by atoms with van der Waals surface area (Å²) in [5.74, 6) is 0.0591. The maximum atomic E-state index is 13.3. The zero-order valence-corrected chi connectivity index (χ0v) is 14.0. The normalized spacial score (nSPS) is 12.2. The van der Waals surface area contributed by atoms with Gasteiger partial charge in [0.05, 0.1) is 19.8 Å². The molecular weight excluding hydrogens is 323 g/mol. The summed E-state index contributed by atoms with van der Waals surface area (Å²) in [6.45, 7) is -0.219. The Bertz CT molecular complexity index is 889. The van der Waals surface area contributed by atoms with Crippen LogP contribution < -0.4 is 4.74 Å². The van der Waals surface area contributed by atoms with Gasteiger partial charge in [-0.1, -0.05) is 12.1 Å². The minimum absolute atomic E-state index is 0.219. The van der Waals surface area contributed by atoms with Gasteiger partial charge in [0.15, 0.2) is 0 Å².